The molecule has 1 aliphatic rings. The molecule has 2 amide bonds. The van der Waals surface area contributed by atoms with Crippen LogP contribution in [0.1, 0.15) is 49.9 Å². The molecule has 0 saturated carbocycles. The molecule has 38 heavy (non-hydrogen) atoms. The molecule has 0 unspecified atom stereocenters. The van der Waals surface area contributed by atoms with E-state index < -0.39 is 71.6 Å². The van der Waals surface area contributed by atoms with Crippen molar-refractivity contribution in [3.63, 3.8) is 0 Å². The first kappa shape index (κ1) is 29.5. The zero-order valence-corrected chi connectivity index (χ0v) is 21.1. The third-order valence-electron chi connectivity index (χ3n) is 6.64. The number of nitrogens with two attached hydrogens (primary N) is 1. The second kappa shape index (κ2) is 10.3. The zero-order chi connectivity index (χ0) is 28.7. The van der Waals surface area contributed by atoms with Crippen molar-refractivity contribution in [3.05, 3.63) is 64.7 Å². The molecule has 6 nitrogen and oxygen atoms in total. The molecular weight excluding hydrogens is 517 g/mol. The van der Waals surface area contributed by atoms with E-state index in [9.17, 15) is 35.9 Å². The number of carbonyl (C=O) groups excluding carboxylic acids is 2. The van der Waals surface area contributed by atoms with Gasteiger partial charge in [-0.25, -0.2) is 0 Å². The third kappa shape index (κ3) is 6.87. The number of alkyl halides is 6. The summed E-state index contributed by atoms with van der Waals surface area (Å²) in [6.07, 6.45) is -11.0. The van der Waals surface area contributed by atoms with Gasteiger partial charge in [0.2, 0.25) is 11.8 Å². The maximum atomic E-state index is 13.1. The average Bonchev–Trinajstić information content (AvgIpc) is 2.99. The molecule has 1 fully saturated rings. The van der Waals surface area contributed by atoms with E-state index in [0.29, 0.717) is 17.7 Å². The van der Waals surface area contributed by atoms with Gasteiger partial charge in [0.05, 0.1) is 28.7 Å². The van der Waals surface area contributed by atoms with Gasteiger partial charge >= 0.3 is 19.5 Å². The van der Waals surface area contributed by atoms with Crippen molar-refractivity contribution in [1.29, 1.82) is 0 Å². The molecule has 3 rings (SSSR count). The molecule has 206 valence electrons. The number of primary amides is 1. The highest BCUT2D eigenvalue weighted by molar-refractivity contribution is 6.62. The van der Waals surface area contributed by atoms with Gasteiger partial charge in [-0.2, -0.15) is 26.3 Å². The van der Waals surface area contributed by atoms with Gasteiger partial charge in [0.1, 0.15) is 6.04 Å². The molecule has 0 aliphatic carbocycles. The van der Waals surface area contributed by atoms with Crippen LogP contribution in [0.25, 0.3) is 0 Å². The van der Waals surface area contributed by atoms with E-state index >= 15 is 0 Å². The van der Waals surface area contributed by atoms with Gasteiger partial charge in [-0.15, -0.1) is 0 Å². The highest BCUT2D eigenvalue weighted by Crippen LogP contribution is 2.37. The summed E-state index contributed by atoms with van der Waals surface area (Å²) in [6.45, 7) is 7.63. The minimum Gasteiger partial charge on any atom is -0.399 e. The molecule has 0 bridgehead atoms. The Balaban J connectivity index is 1.71. The van der Waals surface area contributed by atoms with E-state index in [1.807, 2.05) is 27.7 Å². The van der Waals surface area contributed by atoms with Gasteiger partial charge in [0.25, 0.3) is 0 Å². The van der Waals surface area contributed by atoms with Crippen molar-refractivity contribution in [3.8, 4) is 0 Å². The fourth-order valence-corrected chi connectivity index (χ4v) is 3.80. The highest BCUT2D eigenvalue weighted by atomic mass is 19.4. The Bertz CT molecular complexity index is 1150. The van der Waals surface area contributed by atoms with Gasteiger partial charge in [-0.1, -0.05) is 24.3 Å². The molecule has 0 aromatic heterocycles. The molecule has 1 aliphatic heterocycles. The van der Waals surface area contributed by atoms with Gasteiger partial charge < -0.3 is 20.4 Å². The summed E-state index contributed by atoms with van der Waals surface area (Å²) in [5.74, 6) is -1.89. The summed E-state index contributed by atoms with van der Waals surface area (Å²) in [7, 11) is -0.616. The van der Waals surface area contributed by atoms with E-state index in [-0.39, 0.29) is 12.5 Å². The summed E-state index contributed by atoms with van der Waals surface area (Å²) in [5.41, 5.74) is 2.02. The first-order valence-corrected chi connectivity index (χ1v) is 11.6. The largest absolute Gasteiger partial charge is 0.494 e. The molecule has 1 atom stereocenters. The summed E-state index contributed by atoms with van der Waals surface area (Å²) in [5, 5.41) is 2.30. The number of benzene rings is 2. The quantitative estimate of drug-likeness (QED) is 0.410. The Morgan fingerprint density at radius 2 is 1.34 bits per heavy atom. The first-order valence-electron chi connectivity index (χ1n) is 11.6. The Kier molecular flexibility index (Phi) is 7.96. The van der Waals surface area contributed by atoms with Crippen molar-refractivity contribution in [1.82, 2.24) is 5.32 Å². The number of hydrogen-bond acceptors (Lipinski definition) is 4. The van der Waals surface area contributed by atoms with Crippen LogP contribution in [0, 0.1) is 0 Å². The standard InChI is InChI=1S/C25H27BF6N2O4/c1-22(2)23(3,4)38-26(37-22)18-7-5-14(6-8-18)11-19(21(33)36)34-20(35)12-15-9-16(24(27,28)29)13-17(10-15)25(30,31)32/h5-10,13,19H,11-12H2,1-4H3,(H2,33,36)(H,34,35)/t19-/m0/s1. The van der Waals surface area contributed by atoms with Crippen LogP contribution in [0.2, 0.25) is 0 Å². The molecule has 0 spiro atoms. The molecule has 2 aromatic rings. The van der Waals surface area contributed by atoms with E-state index in [2.05, 4.69) is 5.32 Å². The number of halogens is 6. The molecule has 3 N–H and O–H groups in total. The van der Waals surface area contributed by atoms with E-state index in [4.69, 9.17) is 15.0 Å². The normalized spacial score (nSPS) is 17.8. The number of nitrogens with one attached hydrogen (secondary N) is 1. The van der Waals surface area contributed by atoms with Crippen LogP contribution in [0.3, 0.4) is 0 Å². The molecule has 1 saturated heterocycles. The van der Waals surface area contributed by atoms with Crippen LogP contribution >= 0.6 is 0 Å². The average molecular weight is 544 g/mol. The summed E-state index contributed by atoms with van der Waals surface area (Å²) in [4.78, 5) is 24.4. The summed E-state index contributed by atoms with van der Waals surface area (Å²) < 4.78 is 90.5. The third-order valence-corrected chi connectivity index (χ3v) is 6.64. The van der Waals surface area contributed by atoms with Crippen molar-refractivity contribution in [2.45, 2.75) is 70.1 Å². The minimum atomic E-state index is -5.05. The van der Waals surface area contributed by atoms with Crippen molar-refractivity contribution < 1.29 is 45.2 Å². The zero-order valence-electron chi connectivity index (χ0n) is 21.1. The van der Waals surface area contributed by atoms with Crippen LogP contribution in [-0.4, -0.2) is 36.2 Å². The SMILES string of the molecule is CC1(C)OB(c2ccc(C[C@H](NC(=O)Cc3cc(C(F)(F)F)cc(C(F)(F)F)c3)C(N)=O)cc2)OC1(C)C. The van der Waals surface area contributed by atoms with E-state index in [1.54, 1.807) is 24.3 Å². The maximum absolute atomic E-state index is 13.1. The lowest BCUT2D eigenvalue weighted by Gasteiger charge is -2.32. The molecule has 2 aromatic carbocycles. The lowest BCUT2D eigenvalue weighted by atomic mass is 9.78. The van der Waals surface area contributed by atoms with E-state index in [1.165, 1.54) is 0 Å². The van der Waals surface area contributed by atoms with Crippen LogP contribution in [0.4, 0.5) is 26.3 Å². The smallest absolute Gasteiger partial charge is 0.399 e. The van der Waals surface area contributed by atoms with Gasteiger partial charge in [-0.05, 0) is 62.5 Å². The monoisotopic (exact) mass is 544 g/mol. The lowest BCUT2D eigenvalue weighted by molar-refractivity contribution is -0.143. The number of carbonyl (C=O) groups is 2. The fraction of sp³-hybridized carbons (Fsp3) is 0.440. The number of hydrogen-bond donors (Lipinski definition) is 2. The minimum absolute atomic E-state index is 0.0269. The second-order valence-electron chi connectivity index (χ2n) is 10.1. The Morgan fingerprint density at radius 3 is 1.76 bits per heavy atom. The van der Waals surface area contributed by atoms with Gasteiger partial charge in [-0.3, -0.25) is 9.59 Å². The van der Waals surface area contributed by atoms with Crippen LogP contribution < -0.4 is 16.5 Å². The van der Waals surface area contributed by atoms with Crippen molar-refractivity contribution >= 4 is 24.4 Å². The van der Waals surface area contributed by atoms with E-state index in [0.717, 1.165) is 5.46 Å². The molecule has 0 radical (unpaired) electrons. The Hall–Kier alpha value is -3.06. The van der Waals surface area contributed by atoms with Gasteiger partial charge in [0, 0.05) is 6.42 Å². The maximum Gasteiger partial charge on any atom is 0.494 e. The predicted molar refractivity (Wildman–Crippen MR) is 127 cm³/mol. The van der Waals surface area contributed by atoms with Crippen LogP contribution in [0.5, 0.6) is 0 Å². The number of amides is 2. The molecular formula is C25H27BF6N2O4. The Morgan fingerprint density at radius 1 is 0.868 bits per heavy atom. The number of rotatable bonds is 7. The highest BCUT2D eigenvalue weighted by Gasteiger charge is 2.51. The lowest BCUT2D eigenvalue weighted by Crippen LogP contribution is -2.46. The topological polar surface area (TPSA) is 90.6 Å². The summed E-state index contributed by atoms with van der Waals surface area (Å²) in [6, 6.07) is 6.43. The predicted octanol–water partition coefficient (Wildman–Crippen LogP) is 3.78. The first-order chi connectivity index (χ1) is 17.3. The van der Waals surface area contributed by atoms with Crippen molar-refractivity contribution in [2.24, 2.45) is 5.73 Å². The molecule has 1 heterocycles. The Labute approximate surface area is 216 Å². The van der Waals surface area contributed by atoms with Crippen LogP contribution in [0.15, 0.2) is 42.5 Å². The second-order valence-corrected chi connectivity index (χ2v) is 10.1. The van der Waals surface area contributed by atoms with Crippen molar-refractivity contribution in [2.75, 3.05) is 0 Å². The van der Waals surface area contributed by atoms with Crippen LogP contribution in [-0.2, 0) is 44.1 Å². The summed E-state index contributed by atoms with van der Waals surface area (Å²) >= 11 is 0. The fourth-order valence-electron chi connectivity index (χ4n) is 3.80. The van der Waals surface area contributed by atoms with Gasteiger partial charge in [0.15, 0.2) is 0 Å². The molecule has 13 heteroatoms.